The molecular formula is C16H18BrNO2. The van der Waals surface area contributed by atoms with Crippen molar-refractivity contribution in [2.24, 2.45) is 0 Å². The van der Waals surface area contributed by atoms with E-state index in [4.69, 9.17) is 9.84 Å². The summed E-state index contributed by atoms with van der Waals surface area (Å²) in [4.78, 5) is 0. The third-order valence-electron chi connectivity index (χ3n) is 3.21. The molecule has 2 N–H and O–H groups in total. The predicted octanol–water partition coefficient (Wildman–Crippen LogP) is 4.01. The summed E-state index contributed by atoms with van der Waals surface area (Å²) in [6.07, 6.45) is 0. The maximum Gasteiger partial charge on any atom is 0.132 e. The van der Waals surface area contributed by atoms with Crippen molar-refractivity contribution in [2.45, 2.75) is 19.6 Å². The Morgan fingerprint density at radius 1 is 1.20 bits per heavy atom. The van der Waals surface area contributed by atoms with Gasteiger partial charge in [-0.15, -0.1) is 0 Å². The predicted molar refractivity (Wildman–Crippen MR) is 84.1 cm³/mol. The van der Waals surface area contributed by atoms with Crippen LogP contribution in [0.1, 0.15) is 24.1 Å². The Kier molecular flexibility index (Phi) is 5.17. The summed E-state index contributed by atoms with van der Waals surface area (Å²) in [5, 5.41) is 12.3. The van der Waals surface area contributed by atoms with Crippen LogP contribution in [0.25, 0.3) is 0 Å². The molecule has 3 nitrogen and oxygen atoms in total. The smallest absolute Gasteiger partial charge is 0.132 e. The van der Waals surface area contributed by atoms with E-state index >= 15 is 0 Å². The van der Waals surface area contributed by atoms with Gasteiger partial charge in [0.15, 0.2) is 0 Å². The molecule has 0 aromatic heterocycles. The van der Waals surface area contributed by atoms with Gasteiger partial charge in [-0.3, -0.25) is 0 Å². The van der Waals surface area contributed by atoms with Crippen molar-refractivity contribution in [3.8, 4) is 11.5 Å². The number of rotatable bonds is 5. The second-order valence-electron chi connectivity index (χ2n) is 4.60. The van der Waals surface area contributed by atoms with Gasteiger partial charge < -0.3 is 15.2 Å². The average molecular weight is 336 g/mol. The van der Waals surface area contributed by atoms with Crippen LogP contribution >= 0.6 is 15.9 Å². The number of aliphatic hydroxyl groups is 1. The molecule has 0 aliphatic carbocycles. The van der Waals surface area contributed by atoms with Crippen molar-refractivity contribution in [3.63, 3.8) is 0 Å². The van der Waals surface area contributed by atoms with Gasteiger partial charge in [0.2, 0.25) is 0 Å². The average Bonchev–Trinajstić information content (AvgIpc) is 2.49. The Balaban J connectivity index is 2.27. The van der Waals surface area contributed by atoms with Crippen LogP contribution in [-0.4, -0.2) is 12.2 Å². The second kappa shape index (κ2) is 6.88. The van der Waals surface area contributed by atoms with Crippen LogP contribution < -0.4 is 10.1 Å². The lowest BCUT2D eigenvalue weighted by molar-refractivity contribution is 0.281. The van der Waals surface area contributed by atoms with E-state index < -0.39 is 0 Å². The van der Waals surface area contributed by atoms with E-state index in [9.17, 15) is 0 Å². The van der Waals surface area contributed by atoms with Gasteiger partial charge in [0.05, 0.1) is 6.61 Å². The Bertz CT molecular complexity index is 569. The summed E-state index contributed by atoms with van der Waals surface area (Å²) < 4.78 is 6.97. The lowest BCUT2D eigenvalue weighted by Gasteiger charge is -2.17. The normalized spacial score (nSPS) is 12.2. The van der Waals surface area contributed by atoms with Crippen molar-refractivity contribution in [1.82, 2.24) is 5.32 Å². The van der Waals surface area contributed by atoms with E-state index in [1.165, 1.54) is 0 Å². The molecular weight excluding hydrogens is 318 g/mol. The Morgan fingerprint density at radius 2 is 1.90 bits per heavy atom. The molecule has 2 rings (SSSR count). The summed E-state index contributed by atoms with van der Waals surface area (Å²) in [5.41, 5.74) is 1.96. The molecule has 0 radical (unpaired) electrons. The zero-order chi connectivity index (χ0) is 14.5. The lowest BCUT2D eigenvalue weighted by atomic mass is 10.1. The summed E-state index contributed by atoms with van der Waals surface area (Å²) in [6, 6.07) is 13.6. The summed E-state index contributed by atoms with van der Waals surface area (Å²) in [7, 11) is 1.92. The van der Waals surface area contributed by atoms with Crippen LogP contribution in [0.4, 0.5) is 0 Å². The van der Waals surface area contributed by atoms with Crippen molar-refractivity contribution in [1.29, 1.82) is 0 Å². The first kappa shape index (κ1) is 15.0. The summed E-state index contributed by atoms with van der Waals surface area (Å²) >= 11 is 3.49. The highest BCUT2D eigenvalue weighted by Crippen LogP contribution is 2.32. The van der Waals surface area contributed by atoms with Crippen LogP contribution in [0.3, 0.4) is 0 Å². The van der Waals surface area contributed by atoms with E-state index in [0.29, 0.717) is 0 Å². The minimum Gasteiger partial charge on any atom is -0.457 e. The first-order valence-electron chi connectivity index (χ1n) is 6.48. The lowest BCUT2D eigenvalue weighted by Crippen LogP contribution is -2.13. The van der Waals surface area contributed by atoms with Gasteiger partial charge in [-0.25, -0.2) is 0 Å². The summed E-state index contributed by atoms with van der Waals surface area (Å²) in [5.74, 6) is 1.58. The second-order valence-corrected chi connectivity index (χ2v) is 5.51. The summed E-state index contributed by atoms with van der Waals surface area (Å²) in [6.45, 7) is 2.13. The number of hydrogen-bond acceptors (Lipinski definition) is 3. The van der Waals surface area contributed by atoms with Gasteiger partial charge in [-0.1, -0.05) is 28.1 Å². The zero-order valence-corrected chi connectivity index (χ0v) is 13.1. The third-order valence-corrected chi connectivity index (χ3v) is 3.70. The molecule has 4 heteroatoms. The Labute approximate surface area is 127 Å². The SMILES string of the molecule is CNC(C)c1cc(Br)ccc1Oc1ccc(CO)cc1. The van der Waals surface area contributed by atoms with Crippen molar-refractivity contribution in [2.75, 3.05) is 7.05 Å². The van der Waals surface area contributed by atoms with Gasteiger partial charge >= 0.3 is 0 Å². The molecule has 0 fully saturated rings. The molecule has 1 atom stereocenters. The zero-order valence-electron chi connectivity index (χ0n) is 11.6. The van der Waals surface area contributed by atoms with Gasteiger partial charge in [0.1, 0.15) is 11.5 Å². The number of hydrogen-bond donors (Lipinski definition) is 2. The molecule has 0 saturated heterocycles. The minimum atomic E-state index is 0.0423. The van der Waals surface area contributed by atoms with Gasteiger partial charge in [0.25, 0.3) is 0 Å². The van der Waals surface area contributed by atoms with Gasteiger partial charge in [0, 0.05) is 16.1 Å². The fourth-order valence-corrected chi connectivity index (χ4v) is 2.27. The molecule has 2 aromatic rings. The van der Waals surface area contributed by atoms with E-state index in [1.54, 1.807) is 0 Å². The van der Waals surface area contributed by atoms with Crippen molar-refractivity contribution in [3.05, 3.63) is 58.1 Å². The molecule has 20 heavy (non-hydrogen) atoms. The number of benzene rings is 2. The highest BCUT2D eigenvalue weighted by molar-refractivity contribution is 9.10. The van der Waals surface area contributed by atoms with Crippen molar-refractivity contribution < 1.29 is 9.84 Å². The van der Waals surface area contributed by atoms with Crippen LogP contribution in [0.15, 0.2) is 46.9 Å². The molecule has 0 heterocycles. The van der Waals surface area contributed by atoms with Gasteiger partial charge in [-0.2, -0.15) is 0 Å². The molecule has 0 amide bonds. The number of aliphatic hydroxyl groups excluding tert-OH is 1. The first-order chi connectivity index (χ1) is 9.63. The van der Waals surface area contributed by atoms with Gasteiger partial charge in [-0.05, 0) is 49.9 Å². The Hall–Kier alpha value is -1.36. The fourth-order valence-electron chi connectivity index (χ4n) is 1.90. The highest BCUT2D eigenvalue weighted by atomic mass is 79.9. The number of nitrogens with one attached hydrogen (secondary N) is 1. The quantitative estimate of drug-likeness (QED) is 0.867. The molecule has 2 aromatic carbocycles. The van der Waals surface area contributed by atoms with Crippen LogP contribution in [0, 0.1) is 0 Å². The van der Waals surface area contributed by atoms with Crippen LogP contribution in [-0.2, 0) is 6.61 Å². The van der Waals surface area contributed by atoms with Crippen LogP contribution in [0.5, 0.6) is 11.5 Å². The molecule has 1 unspecified atom stereocenters. The van der Waals surface area contributed by atoms with E-state index in [1.807, 2.05) is 43.4 Å². The van der Waals surface area contributed by atoms with E-state index in [-0.39, 0.29) is 12.6 Å². The molecule has 0 aliphatic rings. The Morgan fingerprint density at radius 3 is 2.50 bits per heavy atom. The molecule has 0 saturated carbocycles. The molecule has 0 aliphatic heterocycles. The van der Waals surface area contributed by atoms with E-state index in [2.05, 4.69) is 34.2 Å². The standard InChI is InChI=1S/C16H18BrNO2/c1-11(18-2)15-9-13(17)5-8-16(15)20-14-6-3-12(10-19)4-7-14/h3-9,11,18-19H,10H2,1-2H3. The molecule has 0 spiro atoms. The fraction of sp³-hybridized carbons (Fsp3) is 0.250. The first-order valence-corrected chi connectivity index (χ1v) is 7.27. The minimum absolute atomic E-state index is 0.0423. The van der Waals surface area contributed by atoms with Crippen molar-refractivity contribution >= 4 is 15.9 Å². The van der Waals surface area contributed by atoms with Crippen LogP contribution in [0.2, 0.25) is 0 Å². The highest BCUT2D eigenvalue weighted by Gasteiger charge is 2.11. The number of halogens is 1. The largest absolute Gasteiger partial charge is 0.457 e. The third kappa shape index (κ3) is 3.60. The molecule has 0 bridgehead atoms. The maximum absolute atomic E-state index is 9.04. The van der Waals surface area contributed by atoms with E-state index in [0.717, 1.165) is 27.1 Å². The maximum atomic E-state index is 9.04. The topological polar surface area (TPSA) is 41.5 Å². The monoisotopic (exact) mass is 335 g/mol. The molecule has 106 valence electrons. The number of ether oxygens (including phenoxy) is 1.